The molecule has 2 aliphatic rings. The fourth-order valence-electron chi connectivity index (χ4n) is 5.34. The number of nitrogens with zero attached hydrogens (tertiary/aromatic N) is 1. The molecule has 2 aromatic carbocycles. The lowest BCUT2D eigenvalue weighted by Gasteiger charge is -2.32. The monoisotopic (exact) mass is 446 g/mol. The molecule has 5 heteroatoms. The number of hydrogen-bond donors (Lipinski definition) is 2. The SMILES string of the molecule is CC1(COc2ccc(C(NC(=O)C(CC#N)c3ccccc3)C(C)(C)O)cc2)CC2CC2C1. The Morgan fingerprint density at radius 3 is 2.36 bits per heavy atom. The van der Waals surface area contributed by atoms with Crippen LogP contribution in [0.4, 0.5) is 0 Å². The average Bonchev–Trinajstić information content (AvgIpc) is 3.41. The van der Waals surface area contributed by atoms with E-state index in [4.69, 9.17) is 4.74 Å². The topological polar surface area (TPSA) is 82.3 Å². The molecule has 1 amide bonds. The Balaban J connectivity index is 1.44. The summed E-state index contributed by atoms with van der Waals surface area (Å²) in [7, 11) is 0. The van der Waals surface area contributed by atoms with Crippen LogP contribution in [0.1, 0.15) is 69.5 Å². The predicted octanol–water partition coefficient (Wildman–Crippen LogP) is 5.13. The molecule has 4 unspecified atom stereocenters. The summed E-state index contributed by atoms with van der Waals surface area (Å²) in [6.07, 6.45) is 3.98. The molecule has 0 aromatic heterocycles. The molecule has 33 heavy (non-hydrogen) atoms. The molecule has 2 aliphatic carbocycles. The van der Waals surface area contributed by atoms with Crippen molar-refractivity contribution >= 4 is 5.91 Å². The van der Waals surface area contributed by atoms with E-state index in [2.05, 4.69) is 18.3 Å². The van der Waals surface area contributed by atoms with Crippen LogP contribution in [0, 0.1) is 28.6 Å². The molecule has 4 rings (SSSR count). The highest BCUT2D eigenvalue weighted by Gasteiger charge is 2.51. The van der Waals surface area contributed by atoms with E-state index in [1.165, 1.54) is 19.3 Å². The van der Waals surface area contributed by atoms with E-state index in [1.807, 2.05) is 54.6 Å². The largest absolute Gasteiger partial charge is 0.493 e. The molecule has 0 spiro atoms. The van der Waals surface area contributed by atoms with Crippen LogP contribution in [0.5, 0.6) is 5.75 Å². The zero-order valence-corrected chi connectivity index (χ0v) is 19.8. The van der Waals surface area contributed by atoms with Gasteiger partial charge in [-0.1, -0.05) is 49.4 Å². The van der Waals surface area contributed by atoms with Gasteiger partial charge < -0.3 is 15.2 Å². The maximum Gasteiger partial charge on any atom is 0.229 e. The third-order valence-electron chi connectivity index (χ3n) is 7.19. The minimum absolute atomic E-state index is 0.0711. The zero-order chi connectivity index (χ0) is 23.6. The van der Waals surface area contributed by atoms with E-state index in [0.717, 1.165) is 35.3 Å². The van der Waals surface area contributed by atoms with Crippen LogP contribution in [-0.2, 0) is 4.79 Å². The first-order chi connectivity index (χ1) is 15.7. The van der Waals surface area contributed by atoms with Gasteiger partial charge in [0.15, 0.2) is 0 Å². The van der Waals surface area contributed by atoms with Crippen LogP contribution in [0.15, 0.2) is 54.6 Å². The number of rotatable bonds is 9. The summed E-state index contributed by atoms with van der Waals surface area (Å²) in [6.45, 7) is 6.39. The second-order valence-corrected chi connectivity index (χ2v) is 10.8. The third kappa shape index (κ3) is 5.57. The standard InChI is InChI=1S/C28H34N2O3/c1-27(2,32)25(30-26(31)24(13-14-29)19-7-5-4-6-8-19)20-9-11-23(12-10-20)33-18-28(3)16-21-15-22(21)17-28/h4-12,21-22,24-25,32H,13,15-18H2,1-3H3,(H,30,31). The summed E-state index contributed by atoms with van der Waals surface area (Å²) in [5, 5.41) is 23.1. The molecule has 5 nitrogen and oxygen atoms in total. The summed E-state index contributed by atoms with van der Waals surface area (Å²) in [5.41, 5.74) is 0.654. The van der Waals surface area contributed by atoms with Gasteiger partial charge in [-0.3, -0.25) is 4.79 Å². The predicted molar refractivity (Wildman–Crippen MR) is 127 cm³/mol. The van der Waals surface area contributed by atoms with Gasteiger partial charge in [0, 0.05) is 5.41 Å². The van der Waals surface area contributed by atoms with E-state index >= 15 is 0 Å². The summed E-state index contributed by atoms with van der Waals surface area (Å²) >= 11 is 0. The molecule has 0 radical (unpaired) electrons. The molecule has 4 atom stereocenters. The van der Waals surface area contributed by atoms with Crippen LogP contribution in [0.25, 0.3) is 0 Å². The van der Waals surface area contributed by atoms with Gasteiger partial charge in [-0.15, -0.1) is 0 Å². The van der Waals surface area contributed by atoms with Crippen molar-refractivity contribution < 1.29 is 14.6 Å². The Hall–Kier alpha value is -2.84. The second kappa shape index (κ2) is 9.19. The highest BCUT2D eigenvalue weighted by molar-refractivity contribution is 5.84. The molecule has 174 valence electrons. The second-order valence-electron chi connectivity index (χ2n) is 10.8. The number of carbonyl (C=O) groups excluding carboxylic acids is 1. The van der Waals surface area contributed by atoms with E-state index in [-0.39, 0.29) is 17.7 Å². The first-order valence-corrected chi connectivity index (χ1v) is 11.9. The van der Waals surface area contributed by atoms with E-state index in [0.29, 0.717) is 0 Å². The summed E-state index contributed by atoms with van der Waals surface area (Å²) in [5.74, 6) is 1.76. The molecule has 2 aromatic rings. The van der Waals surface area contributed by atoms with Gasteiger partial charge in [-0.2, -0.15) is 5.26 Å². The molecular weight excluding hydrogens is 412 g/mol. The molecule has 0 bridgehead atoms. The lowest BCUT2D eigenvalue weighted by atomic mass is 9.86. The molecule has 0 saturated heterocycles. The summed E-state index contributed by atoms with van der Waals surface area (Å²) in [6, 6.07) is 18.4. The molecule has 2 saturated carbocycles. The first kappa shape index (κ1) is 23.3. The lowest BCUT2D eigenvalue weighted by Crippen LogP contribution is -2.43. The fourth-order valence-corrected chi connectivity index (χ4v) is 5.34. The zero-order valence-electron chi connectivity index (χ0n) is 19.8. The van der Waals surface area contributed by atoms with Crippen LogP contribution in [-0.4, -0.2) is 23.2 Å². The minimum Gasteiger partial charge on any atom is -0.493 e. The van der Waals surface area contributed by atoms with Crippen LogP contribution in [0.3, 0.4) is 0 Å². The van der Waals surface area contributed by atoms with Crippen molar-refractivity contribution in [3.63, 3.8) is 0 Å². The number of benzene rings is 2. The third-order valence-corrected chi connectivity index (χ3v) is 7.19. The molecule has 2 fully saturated rings. The summed E-state index contributed by atoms with van der Waals surface area (Å²) < 4.78 is 6.11. The van der Waals surface area contributed by atoms with Crippen LogP contribution >= 0.6 is 0 Å². The normalized spacial score (nSPS) is 25.4. The van der Waals surface area contributed by atoms with Crippen molar-refractivity contribution in [2.45, 2.75) is 64.0 Å². The van der Waals surface area contributed by atoms with E-state index < -0.39 is 17.6 Å². The maximum atomic E-state index is 13.1. The molecule has 0 heterocycles. The van der Waals surface area contributed by atoms with E-state index in [9.17, 15) is 15.2 Å². The Bertz CT molecular complexity index is 994. The van der Waals surface area contributed by atoms with Crippen LogP contribution < -0.4 is 10.1 Å². The van der Waals surface area contributed by atoms with Crippen molar-refractivity contribution in [2.24, 2.45) is 17.3 Å². The number of hydrogen-bond acceptors (Lipinski definition) is 4. The number of fused-ring (bicyclic) bond motifs is 1. The molecule has 2 N–H and O–H groups in total. The highest BCUT2D eigenvalue weighted by Crippen LogP contribution is 2.59. The Labute approximate surface area is 196 Å². The maximum absolute atomic E-state index is 13.1. The Morgan fingerprint density at radius 1 is 1.15 bits per heavy atom. The highest BCUT2D eigenvalue weighted by atomic mass is 16.5. The van der Waals surface area contributed by atoms with Gasteiger partial charge >= 0.3 is 0 Å². The Kier molecular flexibility index (Phi) is 6.50. The van der Waals surface area contributed by atoms with Crippen molar-refractivity contribution in [1.82, 2.24) is 5.32 Å². The number of nitriles is 1. The van der Waals surface area contributed by atoms with E-state index in [1.54, 1.807) is 13.8 Å². The van der Waals surface area contributed by atoms with Gasteiger partial charge in [-0.25, -0.2) is 0 Å². The molecular formula is C28H34N2O3. The number of aliphatic hydroxyl groups is 1. The lowest BCUT2D eigenvalue weighted by molar-refractivity contribution is -0.125. The first-order valence-electron chi connectivity index (χ1n) is 11.9. The van der Waals surface area contributed by atoms with Gasteiger partial charge in [0.2, 0.25) is 5.91 Å². The Morgan fingerprint density at radius 2 is 1.79 bits per heavy atom. The smallest absolute Gasteiger partial charge is 0.229 e. The van der Waals surface area contributed by atoms with Crippen molar-refractivity contribution in [2.75, 3.05) is 6.61 Å². The summed E-state index contributed by atoms with van der Waals surface area (Å²) in [4.78, 5) is 13.1. The van der Waals surface area contributed by atoms with Gasteiger partial charge in [-0.05, 0) is 68.2 Å². The number of carbonyl (C=O) groups is 1. The van der Waals surface area contributed by atoms with Crippen LogP contribution in [0.2, 0.25) is 0 Å². The van der Waals surface area contributed by atoms with Gasteiger partial charge in [0.1, 0.15) is 5.75 Å². The molecule has 0 aliphatic heterocycles. The fraction of sp³-hybridized carbons (Fsp3) is 0.500. The quantitative estimate of drug-likeness (QED) is 0.560. The van der Waals surface area contributed by atoms with Crippen molar-refractivity contribution in [1.29, 1.82) is 5.26 Å². The average molecular weight is 447 g/mol. The minimum atomic E-state index is -1.19. The van der Waals surface area contributed by atoms with Gasteiger partial charge in [0.05, 0.1) is 36.7 Å². The van der Waals surface area contributed by atoms with Crippen molar-refractivity contribution in [3.8, 4) is 11.8 Å². The van der Waals surface area contributed by atoms with Gasteiger partial charge in [0.25, 0.3) is 0 Å². The number of ether oxygens (including phenoxy) is 1. The number of amides is 1. The van der Waals surface area contributed by atoms with Crippen molar-refractivity contribution in [3.05, 3.63) is 65.7 Å². The number of nitrogens with one attached hydrogen (secondary N) is 1.